The van der Waals surface area contributed by atoms with Gasteiger partial charge in [0.1, 0.15) is 5.75 Å². The van der Waals surface area contributed by atoms with Crippen LogP contribution in [0.4, 0.5) is 5.82 Å². The summed E-state index contributed by atoms with van der Waals surface area (Å²) in [4.78, 5) is 20.7. The Morgan fingerprint density at radius 1 is 1.27 bits per heavy atom. The van der Waals surface area contributed by atoms with E-state index in [0.717, 1.165) is 28.1 Å². The van der Waals surface area contributed by atoms with Crippen molar-refractivity contribution in [3.8, 4) is 11.6 Å². The average Bonchev–Trinajstić information content (AvgIpc) is 3.29. The van der Waals surface area contributed by atoms with Gasteiger partial charge in [0.2, 0.25) is 11.8 Å². The summed E-state index contributed by atoms with van der Waals surface area (Å²) in [5.41, 5.74) is 1.62. The summed E-state index contributed by atoms with van der Waals surface area (Å²) in [6, 6.07) is 9.35. The molecular weight excluding hydrogens is 350 g/mol. The van der Waals surface area contributed by atoms with Gasteiger partial charge in [-0.2, -0.15) is 0 Å². The van der Waals surface area contributed by atoms with Gasteiger partial charge in [0.05, 0.1) is 21.4 Å². The molecule has 0 saturated heterocycles. The molecule has 130 valence electrons. The molecule has 8 heteroatoms. The van der Waals surface area contributed by atoms with Crippen LogP contribution in [-0.2, 0) is 4.79 Å². The topological polar surface area (TPSA) is 81.4 Å². The number of nitrogens with zero attached hydrogens (tertiary/aromatic N) is 4. The molecule has 1 aromatic carbocycles. The summed E-state index contributed by atoms with van der Waals surface area (Å²) in [5.74, 6) is 1.83. The first kappa shape index (κ1) is 15.3. The largest absolute Gasteiger partial charge is 0.438 e. The maximum atomic E-state index is 11.9. The van der Waals surface area contributed by atoms with Crippen LogP contribution in [0, 0.1) is 12.8 Å². The second-order valence-electron chi connectivity index (χ2n) is 6.33. The number of amides is 1. The SMILES string of the molecule is Cc1nc2ccc(Oc3ccc4nc(NC(=O)C5CC5)cn4n3)cc2s1. The van der Waals surface area contributed by atoms with Crippen LogP contribution in [0.3, 0.4) is 0 Å². The van der Waals surface area contributed by atoms with Gasteiger partial charge in [-0.25, -0.2) is 14.5 Å². The molecule has 1 amide bonds. The van der Waals surface area contributed by atoms with Gasteiger partial charge in [0.25, 0.3) is 0 Å². The molecule has 1 fully saturated rings. The summed E-state index contributed by atoms with van der Waals surface area (Å²) in [6.45, 7) is 1.99. The fourth-order valence-corrected chi connectivity index (χ4v) is 3.61. The van der Waals surface area contributed by atoms with Crippen molar-refractivity contribution in [1.82, 2.24) is 19.6 Å². The summed E-state index contributed by atoms with van der Waals surface area (Å²) in [5, 5.41) is 8.26. The molecule has 1 aliphatic carbocycles. The highest BCUT2D eigenvalue weighted by atomic mass is 32.1. The Labute approximate surface area is 152 Å². The minimum absolute atomic E-state index is 0.0260. The van der Waals surface area contributed by atoms with Crippen molar-refractivity contribution < 1.29 is 9.53 Å². The van der Waals surface area contributed by atoms with Crippen molar-refractivity contribution in [3.05, 3.63) is 41.5 Å². The molecule has 1 saturated carbocycles. The average molecular weight is 365 g/mol. The fraction of sp³-hybridized carbons (Fsp3) is 0.222. The molecule has 1 aliphatic rings. The van der Waals surface area contributed by atoms with Crippen LogP contribution in [0.25, 0.3) is 15.9 Å². The standard InChI is InChI=1S/C18H15N5O2S/c1-10-19-13-5-4-12(8-14(13)26-10)25-17-7-6-16-20-15(9-23(16)22-17)21-18(24)11-2-3-11/h4-9,11H,2-3H2,1H3,(H,21,24). The lowest BCUT2D eigenvalue weighted by molar-refractivity contribution is -0.117. The predicted molar refractivity (Wildman–Crippen MR) is 98.8 cm³/mol. The minimum atomic E-state index is 0.0260. The van der Waals surface area contributed by atoms with E-state index in [1.807, 2.05) is 31.2 Å². The number of nitrogens with one attached hydrogen (secondary N) is 1. The van der Waals surface area contributed by atoms with Gasteiger partial charge in [0.15, 0.2) is 11.5 Å². The number of carbonyl (C=O) groups excluding carboxylic acids is 1. The molecule has 0 radical (unpaired) electrons. The maximum absolute atomic E-state index is 11.9. The van der Waals surface area contributed by atoms with Crippen LogP contribution in [0.1, 0.15) is 17.8 Å². The highest BCUT2D eigenvalue weighted by molar-refractivity contribution is 7.18. The third-order valence-corrected chi connectivity index (χ3v) is 5.12. The van der Waals surface area contributed by atoms with Gasteiger partial charge in [-0.05, 0) is 38.0 Å². The summed E-state index contributed by atoms with van der Waals surface area (Å²) in [7, 11) is 0. The molecule has 7 nitrogen and oxygen atoms in total. The third kappa shape index (κ3) is 2.88. The number of benzene rings is 1. The number of aryl methyl sites for hydroxylation is 1. The van der Waals surface area contributed by atoms with Crippen molar-refractivity contribution in [2.24, 2.45) is 5.92 Å². The Kier molecular flexibility index (Phi) is 3.39. The van der Waals surface area contributed by atoms with E-state index in [9.17, 15) is 4.79 Å². The van der Waals surface area contributed by atoms with E-state index in [1.54, 1.807) is 28.1 Å². The molecule has 0 bridgehead atoms. The number of thiazole rings is 1. The monoisotopic (exact) mass is 365 g/mol. The summed E-state index contributed by atoms with van der Waals surface area (Å²) >= 11 is 1.63. The zero-order chi connectivity index (χ0) is 17.7. The Balaban J connectivity index is 1.39. The van der Waals surface area contributed by atoms with E-state index in [-0.39, 0.29) is 11.8 Å². The molecule has 3 aromatic heterocycles. The second-order valence-corrected chi connectivity index (χ2v) is 7.56. The van der Waals surface area contributed by atoms with Crippen LogP contribution in [0.5, 0.6) is 11.6 Å². The van der Waals surface area contributed by atoms with E-state index in [2.05, 4.69) is 20.4 Å². The van der Waals surface area contributed by atoms with E-state index >= 15 is 0 Å². The van der Waals surface area contributed by atoms with Crippen molar-refractivity contribution in [1.29, 1.82) is 0 Å². The number of aromatic nitrogens is 4. The van der Waals surface area contributed by atoms with Crippen LogP contribution < -0.4 is 10.1 Å². The number of carbonyl (C=O) groups is 1. The first-order valence-corrected chi connectivity index (χ1v) is 9.18. The molecule has 3 heterocycles. The number of anilines is 1. The highest BCUT2D eigenvalue weighted by Gasteiger charge is 2.30. The summed E-state index contributed by atoms with van der Waals surface area (Å²) in [6.07, 6.45) is 3.61. The molecule has 0 spiro atoms. The first-order chi connectivity index (χ1) is 12.6. The van der Waals surface area contributed by atoms with Gasteiger partial charge in [-0.15, -0.1) is 16.4 Å². The minimum Gasteiger partial charge on any atom is -0.438 e. The lowest BCUT2D eigenvalue weighted by atomic mass is 10.3. The van der Waals surface area contributed by atoms with E-state index in [0.29, 0.717) is 23.1 Å². The van der Waals surface area contributed by atoms with Crippen LogP contribution in [-0.4, -0.2) is 25.5 Å². The Bertz CT molecular complexity index is 1150. The van der Waals surface area contributed by atoms with E-state index < -0.39 is 0 Å². The zero-order valence-electron chi connectivity index (χ0n) is 14.0. The highest BCUT2D eigenvalue weighted by Crippen LogP contribution is 2.30. The quantitative estimate of drug-likeness (QED) is 0.595. The first-order valence-electron chi connectivity index (χ1n) is 8.36. The van der Waals surface area contributed by atoms with Crippen LogP contribution in [0.2, 0.25) is 0 Å². The zero-order valence-corrected chi connectivity index (χ0v) is 14.8. The Morgan fingerprint density at radius 3 is 3.00 bits per heavy atom. The lowest BCUT2D eigenvalue weighted by Gasteiger charge is -2.04. The van der Waals surface area contributed by atoms with Crippen molar-refractivity contribution in [3.63, 3.8) is 0 Å². The third-order valence-electron chi connectivity index (χ3n) is 4.18. The summed E-state index contributed by atoms with van der Waals surface area (Å²) < 4.78 is 8.56. The molecule has 1 N–H and O–H groups in total. The lowest BCUT2D eigenvalue weighted by Crippen LogP contribution is -2.13. The van der Waals surface area contributed by atoms with Gasteiger partial charge in [0, 0.05) is 18.1 Å². The van der Waals surface area contributed by atoms with Gasteiger partial charge >= 0.3 is 0 Å². The number of rotatable bonds is 4. The molecule has 5 rings (SSSR count). The van der Waals surface area contributed by atoms with Gasteiger partial charge < -0.3 is 10.1 Å². The molecule has 0 aliphatic heterocycles. The van der Waals surface area contributed by atoms with E-state index in [1.165, 1.54) is 0 Å². The van der Waals surface area contributed by atoms with Crippen LogP contribution >= 0.6 is 11.3 Å². The number of hydrogen-bond acceptors (Lipinski definition) is 6. The predicted octanol–water partition coefficient (Wildman–Crippen LogP) is 3.79. The van der Waals surface area contributed by atoms with E-state index in [4.69, 9.17) is 4.74 Å². The van der Waals surface area contributed by atoms with Gasteiger partial charge in [-0.1, -0.05) is 0 Å². The van der Waals surface area contributed by atoms with Gasteiger partial charge in [-0.3, -0.25) is 4.79 Å². The maximum Gasteiger partial charge on any atom is 0.237 e. The molecular formula is C18H15N5O2S. The molecule has 4 aromatic rings. The number of ether oxygens (including phenoxy) is 1. The Hall–Kier alpha value is -3.00. The number of fused-ring (bicyclic) bond motifs is 2. The normalized spacial score (nSPS) is 14.0. The molecule has 0 unspecified atom stereocenters. The number of hydrogen-bond donors (Lipinski definition) is 1. The second kappa shape index (κ2) is 5.77. The Morgan fingerprint density at radius 2 is 2.15 bits per heavy atom. The van der Waals surface area contributed by atoms with Crippen molar-refractivity contribution >= 4 is 38.9 Å². The van der Waals surface area contributed by atoms with Crippen molar-refractivity contribution in [2.75, 3.05) is 5.32 Å². The van der Waals surface area contributed by atoms with Crippen molar-refractivity contribution in [2.45, 2.75) is 19.8 Å². The molecule has 0 atom stereocenters. The molecule has 26 heavy (non-hydrogen) atoms. The number of imidazole rings is 1. The smallest absolute Gasteiger partial charge is 0.237 e. The van der Waals surface area contributed by atoms with Crippen LogP contribution in [0.15, 0.2) is 36.5 Å². The fourth-order valence-electron chi connectivity index (χ4n) is 2.76.